The second-order valence-electron chi connectivity index (χ2n) is 7.10. The number of hydrogen-bond acceptors (Lipinski definition) is 5. The van der Waals surface area contributed by atoms with E-state index in [1.165, 1.54) is 37.4 Å². The fourth-order valence-corrected chi connectivity index (χ4v) is 4.16. The topological polar surface area (TPSA) is 80.8 Å². The number of aryl methyl sites for hydroxylation is 3. The molecule has 0 aromatic heterocycles. The Morgan fingerprint density at radius 2 is 1.75 bits per heavy atom. The lowest BCUT2D eigenvalue weighted by atomic mass is 10.0. The molecular weight excluding hydrogens is 378 g/mol. The van der Waals surface area contributed by atoms with E-state index in [4.69, 9.17) is 4.74 Å². The molecule has 0 N–H and O–H groups in total. The number of carbonyl (C=O) groups is 2. The molecule has 0 amide bonds. The van der Waals surface area contributed by atoms with Crippen LogP contribution in [0, 0.1) is 6.92 Å². The van der Waals surface area contributed by atoms with Crippen LogP contribution in [0.3, 0.4) is 0 Å². The van der Waals surface area contributed by atoms with Crippen LogP contribution in [0.15, 0.2) is 41.3 Å². The first-order chi connectivity index (χ1) is 13.2. The summed E-state index contributed by atoms with van der Waals surface area (Å²) in [6, 6.07) is 9.86. The molecule has 148 valence electrons. The second kappa shape index (κ2) is 7.85. The molecule has 2 aromatic carbocycles. The molecule has 0 radical (unpaired) electrons. The van der Waals surface area contributed by atoms with Crippen molar-refractivity contribution in [3.05, 3.63) is 64.2 Å². The van der Waals surface area contributed by atoms with Crippen molar-refractivity contribution in [1.29, 1.82) is 0 Å². The lowest BCUT2D eigenvalue weighted by Crippen LogP contribution is -2.23. The molecule has 2 aromatic rings. The van der Waals surface area contributed by atoms with Gasteiger partial charge in [0.1, 0.15) is 0 Å². The van der Waals surface area contributed by atoms with Crippen LogP contribution in [0.4, 0.5) is 0 Å². The molecule has 7 heteroatoms. The number of rotatable bonds is 6. The number of Topliss-reactive ketones (excluding diaryl/α,β-unsaturated/α-hetero) is 1. The maximum atomic E-state index is 12.5. The van der Waals surface area contributed by atoms with Crippen LogP contribution in [0.1, 0.15) is 43.8 Å². The summed E-state index contributed by atoms with van der Waals surface area (Å²) in [5.74, 6) is -0.999. The average molecular weight is 401 g/mol. The highest BCUT2D eigenvalue weighted by Crippen LogP contribution is 2.23. The van der Waals surface area contributed by atoms with Crippen LogP contribution in [0.5, 0.6) is 0 Å². The van der Waals surface area contributed by atoms with Crippen molar-refractivity contribution in [2.45, 2.75) is 31.1 Å². The maximum absolute atomic E-state index is 12.5. The Morgan fingerprint density at radius 1 is 1.04 bits per heavy atom. The molecule has 3 rings (SSSR count). The first-order valence-electron chi connectivity index (χ1n) is 9.05. The van der Waals surface area contributed by atoms with E-state index < -0.39 is 16.0 Å². The average Bonchev–Trinajstić information content (AvgIpc) is 3.13. The maximum Gasteiger partial charge on any atom is 0.338 e. The van der Waals surface area contributed by atoms with Gasteiger partial charge in [-0.3, -0.25) is 4.79 Å². The number of fused-ring (bicyclic) bond motifs is 1. The van der Waals surface area contributed by atoms with E-state index in [1.54, 1.807) is 19.1 Å². The third-order valence-corrected chi connectivity index (χ3v) is 6.77. The van der Waals surface area contributed by atoms with Crippen molar-refractivity contribution >= 4 is 21.8 Å². The van der Waals surface area contributed by atoms with E-state index in [2.05, 4.69) is 0 Å². The highest BCUT2D eigenvalue weighted by atomic mass is 32.2. The van der Waals surface area contributed by atoms with Gasteiger partial charge in [-0.2, -0.15) is 0 Å². The first-order valence-corrected chi connectivity index (χ1v) is 10.5. The van der Waals surface area contributed by atoms with Gasteiger partial charge in [-0.15, -0.1) is 0 Å². The van der Waals surface area contributed by atoms with Crippen molar-refractivity contribution in [2.24, 2.45) is 0 Å². The van der Waals surface area contributed by atoms with Crippen molar-refractivity contribution < 1.29 is 22.7 Å². The SMILES string of the molecule is Cc1ccc(S(=O)(=O)N(C)C)cc1C(=O)OCC(=O)c1ccc2c(c1)CCC2. The van der Waals surface area contributed by atoms with Crippen LogP contribution in [0.25, 0.3) is 0 Å². The number of carbonyl (C=O) groups excluding carboxylic acids is 2. The van der Waals surface area contributed by atoms with Gasteiger partial charge >= 0.3 is 5.97 Å². The lowest BCUT2D eigenvalue weighted by molar-refractivity contribution is 0.0473. The van der Waals surface area contributed by atoms with Crippen LogP contribution >= 0.6 is 0 Å². The Hall–Kier alpha value is -2.51. The van der Waals surface area contributed by atoms with Crippen LogP contribution in [-0.2, 0) is 27.6 Å². The van der Waals surface area contributed by atoms with E-state index in [0.717, 1.165) is 23.6 Å². The summed E-state index contributed by atoms with van der Waals surface area (Å²) in [5, 5.41) is 0. The van der Waals surface area contributed by atoms with E-state index in [9.17, 15) is 18.0 Å². The molecule has 0 bridgehead atoms. The normalized spacial score (nSPS) is 13.4. The van der Waals surface area contributed by atoms with Gasteiger partial charge in [0, 0.05) is 19.7 Å². The van der Waals surface area contributed by atoms with Crippen molar-refractivity contribution in [3.8, 4) is 0 Å². The van der Waals surface area contributed by atoms with Crippen LogP contribution in [0.2, 0.25) is 0 Å². The molecule has 0 aliphatic heterocycles. The molecule has 6 nitrogen and oxygen atoms in total. The zero-order chi connectivity index (χ0) is 20.5. The van der Waals surface area contributed by atoms with Gasteiger partial charge in [0.15, 0.2) is 12.4 Å². The highest BCUT2D eigenvalue weighted by Gasteiger charge is 2.21. The standard InChI is InChI=1S/C21H23NO5S/c1-14-7-10-18(28(25,26)22(2)3)12-19(14)21(24)27-13-20(23)17-9-8-15-5-4-6-16(15)11-17/h7-12H,4-6,13H2,1-3H3. The zero-order valence-electron chi connectivity index (χ0n) is 16.2. The van der Waals surface area contributed by atoms with Crippen molar-refractivity contribution in [3.63, 3.8) is 0 Å². The lowest BCUT2D eigenvalue weighted by Gasteiger charge is -2.13. The number of ether oxygens (including phenoxy) is 1. The highest BCUT2D eigenvalue weighted by molar-refractivity contribution is 7.89. The van der Waals surface area contributed by atoms with Gasteiger partial charge < -0.3 is 4.74 Å². The third-order valence-electron chi connectivity index (χ3n) is 4.96. The summed E-state index contributed by atoms with van der Waals surface area (Å²) >= 11 is 0. The van der Waals surface area contributed by atoms with E-state index in [1.807, 2.05) is 12.1 Å². The predicted octanol–water partition coefficient (Wildman–Crippen LogP) is 2.77. The van der Waals surface area contributed by atoms with Gasteiger partial charge in [-0.1, -0.05) is 18.2 Å². The van der Waals surface area contributed by atoms with Crippen LogP contribution < -0.4 is 0 Å². The minimum absolute atomic E-state index is 0.00000119. The van der Waals surface area contributed by atoms with E-state index >= 15 is 0 Å². The molecule has 0 saturated heterocycles. The molecule has 0 spiro atoms. The smallest absolute Gasteiger partial charge is 0.338 e. The Bertz CT molecular complexity index is 1040. The fourth-order valence-electron chi connectivity index (χ4n) is 3.23. The summed E-state index contributed by atoms with van der Waals surface area (Å²) in [5.41, 5.74) is 3.67. The Labute approximate surface area is 165 Å². The molecule has 0 atom stereocenters. The third kappa shape index (κ3) is 4.00. The molecule has 0 unspecified atom stereocenters. The Kier molecular flexibility index (Phi) is 5.67. The summed E-state index contributed by atoms with van der Waals surface area (Å²) in [6.07, 6.45) is 3.08. The summed E-state index contributed by atoms with van der Waals surface area (Å²) in [7, 11) is -0.833. The molecule has 0 saturated carbocycles. The van der Waals surface area contributed by atoms with E-state index in [-0.39, 0.29) is 22.8 Å². The van der Waals surface area contributed by atoms with Gasteiger partial charge in [-0.25, -0.2) is 17.5 Å². The molecule has 28 heavy (non-hydrogen) atoms. The van der Waals surface area contributed by atoms with Gasteiger partial charge in [0.2, 0.25) is 10.0 Å². The number of benzene rings is 2. The second-order valence-corrected chi connectivity index (χ2v) is 9.25. The molecular formula is C21H23NO5S. The summed E-state index contributed by atoms with van der Waals surface area (Å²) in [4.78, 5) is 24.9. The van der Waals surface area contributed by atoms with Crippen molar-refractivity contribution in [1.82, 2.24) is 4.31 Å². The Morgan fingerprint density at radius 3 is 2.46 bits per heavy atom. The molecule has 0 fully saturated rings. The molecule has 1 aliphatic rings. The number of hydrogen-bond donors (Lipinski definition) is 0. The number of esters is 1. The number of nitrogens with zero attached hydrogens (tertiary/aromatic N) is 1. The summed E-state index contributed by atoms with van der Waals surface area (Å²) in [6.45, 7) is 1.30. The van der Waals surface area contributed by atoms with Crippen LogP contribution in [-0.4, -0.2) is 45.2 Å². The number of ketones is 1. The molecule has 0 heterocycles. The Balaban J connectivity index is 1.73. The monoisotopic (exact) mass is 401 g/mol. The largest absolute Gasteiger partial charge is 0.454 e. The quantitative estimate of drug-likeness (QED) is 0.549. The minimum Gasteiger partial charge on any atom is -0.454 e. The minimum atomic E-state index is -3.67. The molecule has 1 aliphatic carbocycles. The predicted molar refractivity (Wildman–Crippen MR) is 105 cm³/mol. The van der Waals surface area contributed by atoms with Gasteiger partial charge in [0.25, 0.3) is 0 Å². The zero-order valence-corrected chi connectivity index (χ0v) is 17.0. The fraction of sp³-hybridized carbons (Fsp3) is 0.333. The number of sulfonamides is 1. The van der Waals surface area contributed by atoms with Crippen molar-refractivity contribution in [2.75, 3.05) is 20.7 Å². The summed E-state index contributed by atoms with van der Waals surface area (Å²) < 4.78 is 30.8. The van der Waals surface area contributed by atoms with Gasteiger partial charge in [-0.05, 0) is 61.1 Å². The van der Waals surface area contributed by atoms with E-state index in [0.29, 0.717) is 11.1 Å². The first kappa shape index (κ1) is 20.2. The van der Waals surface area contributed by atoms with Gasteiger partial charge in [0.05, 0.1) is 10.5 Å².